The number of hydrogen-bond donors (Lipinski definition) is 1. The molecule has 4 rings (SSSR count). The normalized spacial score (nSPS) is 15.6. The molecular formula is C24H26N2O2. The minimum absolute atomic E-state index is 0.0411. The number of aromatic nitrogens is 1. The molecule has 1 aliphatic carbocycles. The van der Waals surface area contributed by atoms with Gasteiger partial charge in [0.25, 0.3) is 5.91 Å². The van der Waals surface area contributed by atoms with Gasteiger partial charge in [-0.15, -0.1) is 0 Å². The fourth-order valence-corrected chi connectivity index (χ4v) is 3.87. The van der Waals surface area contributed by atoms with Crippen molar-refractivity contribution in [1.29, 1.82) is 0 Å². The number of nitrogens with one attached hydrogen (secondary N) is 1. The Bertz CT molecular complexity index is 909. The zero-order valence-corrected chi connectivity index (χ0v) is 16.1. The van der Waals surface area contributed by atoms with Gasteiger partial charge in [-0.3, -0.25) is 4.79 Å². The summed E-state index contributed by atoms with van der Waals surface area (Å²) in [6.07, 6.45) is 10.1. The summed E-state index contributed by atoms with van der Waals surface area (Å²) in [7, 11) is 0. The average Bonchev–Trinajstić information content (AvgIpc) is 3.21. The number of benzene rings is 2. The number of carbonyl (C=O) groups is 1. The third-order valence-electron chi connectivity index (χ3n) is 5.41. The van der Waals surface area contributed by atoms with Crippen LogP contribution in [-0.2, 0) is 0 Å². The molecule has 1 saturated carbocycles. The van der Waals surface area contributed by atoms with Crippen molar-refractivity contribution in [3.8, 4) is 22.8 Å². The first-order valence-electron chi connectivity index (χ1n) is 10.2. The Labute approximate surface area is 166 Å². The highest BCUT2D eigenvalue weighted by Gasteiger charge is 2.20. The molecule has 0 aliphatic heterocycles. The summed E-state index contributed by atoms with van der Waals surface area (Å²) in [5.41, 5.74) is 2.32. The molecule has 1 heterocycles. The Kier molecular flexibility index (Phi) is 5.86. The van der Waals surface area contributed by atoms with Crippen molar-refractivity contribution >= 4 is 5.91 Å². The largest absolute Gasteiger partial charge is 0.436 e. The van der Waals surface area contributed by atoms with Crippen LogP contribution in [0.4, 0.5) is 0 Å². The van der Waals surface area contributed by atoms with Gasteiger partial charge in [0.15, 0.2) is 5.76 Å². The molecule has 1 N–H and O–H groups in total. The second kappa shape index (κ2) is 8.87. The first kappa shape index (κ1) is 18.5. The van der Waals surface area contributed by atoms with Crippen LogP contribution in [0.5, 0.6) is 0 Å². The van der Waals surface area contributed by atoms with Gasteiger partial charge in [0.1, 0.15) is 0 Å². The van der Waals surface area contributed by atoms with Gasteiger partial charge in [-0.25, -0.2) is 4.98 Å². The minimum atomic E-state index is -0.0411. The van der Waals surface area contributed by atoms with Crippen molar-refractivity contribution in [3.05, 3.63) is 66.4 Å². The molecule has 0 unspecified atom stereocenters. The summed E-state index contributed by atoms with van der Waals surface area (Å²) in [5.74, 6) is 1.13. The first-order valence-corrected chi connectivity index (χ1v) is 10.2. The molecule has 2 aromatic carbocycles. The molecular weight excluding hydrogens is 348 g/mol. The molecule has 0 saturated heterocycles. The average molecular weight is 374 g/mol. The summed E-state index contributed by atoms with van der Waals surface area (Å²) < 4.78 is 5.98. The lowest BCUT2D eigenvalue weighted by Gasteiger charge is -2.21. The topological polar surface area (TPSA) is 55.1 Å². The molecule has 1 aliphatic rings. The number of rotatable bonds is 4. The van der Waals surface area contributed by atoms with E-state index in [2.05, 4.69) is 10.3 Å². The van der Waals surface area contributed by atoms with Crippen LogP contribution < -0.4 is 5.32 Å². The predicted octanol–water partition coefficient (Wildman–Crippen LogP) is 5.85. The van der Waals surface area contributed by atoms with Crippen LogP contribution in [-0.4, -0.2) is 16.9 Å². The Morgan fingerprint density at radius 1 is 0.893 bits per heavy atom. The van der Waals surface area contributed by atoms with E-state index in [1.165, 1.54) is 32.1 Å². The lowest BCUT2D eigenvalue weighted by Crippen LogP contribution is -2.35. The summed E-state index contributed by atoms with van der Waals surface area (Å²) in [5, 5.41) is 3.24. The van der Waals surface area contributed by atoms with E-state index in [9.17, 15) is 4.79 Å². The number of nitrogens with zero attached hydrogens (tertiary/aromatic N) is 1. The summed E-state index contributed by atoms with van der Waals surface area (Å²) in [6.45, 7) is 0. The highest BCUT2D eigenvalue weighted by Crippen LogP contribution is 2.28. The van der Waals surface area contributed by atoms with Gasteiger partial charge in [-0.2, -0.15) is 0 Å². The molecule has 0 radical (unpaired) electrons. The van der Waals surface area contributed by atoms with Crippen LogP contribution in [0, 0.1) is 0 Å². The van der Waals surface area contributed by atoms with E-state index >= 15 is 0 Å². The molecule has 144 valence electrons. The van der Waals surface area contributed by atoms with E-state index in [1.54, 1.807) is 6.20 Å². The van der Waals surface area contributed by atoms with Gasteiger partial charge in [0, 0.05) is 17.2 Å². The molecule has 1 aromatic heterocycles. The number of oxazole rings is 1. The maximum Gasteiger partial charge on any atom is 0.252 e. The van der Waals surface area contributed by atoms with E-state index in [-0.39, 0.29) is 11.9 Å². The quantitative estimate of drug-likeness (QED) is 0.623. The maximum absolute atomic E-state index is 13.0. The lowest BCUT2D eigenvalue weighted by molar-refractivity contribution is 0.0931. The minimum Gasteiger partial charge on any atom is -0.436 e. The molecule has 4 heteroatoms. The number of amides is 1. The Morgan fingerprint density at radius 2 is 1.57 bits per heavy atom. The standard InChI is InChI=1S/C24H26N2O2/c27-23(26-19-13-7-2-1-3-8-14-19)20-15-9-10-16-21(20)24-25-17-22(28-24)18-11-5-4-6-12-18/h4-6,9-12,15-17,19H,1-3,7-8,13-14H2,(H,26,27). The third kappa shape index (κ3) is 4.33. The van der Waals surface area contributed by atoms with E-state index in [4.69, 9.17) is 4.42 Å². The van der Waals surface area contributed by atoms with Crippen LogP contribution in [0.25, 0.3) is 22.8 Å². The van der Waals surface area contributed by atoms with Crippen molar-refractivity contribution in [2.45, 2.75) is 51.0 Å². The number of carbonyl (C=O) groups excluding carboxylic acids is 1. The van der Waals surface area contributed by atoms with Gasteiger partial charge < -0.3 is 9.73 Å². The van der Waals surface area contributed by atoms with Crippen LogP contribution >= 0.6 is 0 Å². The van der Waals surface area contributed by atoms with E-state index in [0.29, 0.717) is 17.2 Å². The van der Waals surface area contributed by atoms with Crippen LogP contribution in [0.1, 0.15) is 55.3 Å². The Balaban J connectivity index is 1.55. The van der Waals surface area contributed by atoms with Crippen molar-refractivity contribution < 1.29 is 9.21 Å². The molecule has 1 fully saturated rings. The molecule has 0 spiro atoms. The molecule has 3 aromatic rings. The van der Waals surface area contributed by atoms with Gasteiger partial charge in [-0.05, 0) is 25.0 Å². The van der Waals surface area contributed by atoms with Gasteiger partial charge in [-0.1, -0.05) is 74.6 Å². The van der Waals surface area contributed by atoms with E-state index in [0.717, 1.165) is 24.0 Å². The molecule has 0 bridgehead atoms. The monoisotopic (exact) mass is 374 g/mol. The van der Waals surface area contributed by atoms with E-state index in [1.807, 2.05) is 54.6 Å². The zero-order chi connectivity index (χ0) is 19.2. The Morgan fingerprint density at radius 3 is 2.36 bits per heavy atom. The third-order valence-corrected chi connectivity index (χ3v) is 5.41. The SMILES string of the molecule is O=C(NC1CCCCCCC1)c1ccccc1-c1ncc(-c2ccccc2)o1. The van der Waals surface area contributed by atoms with Crippen molar-refractivity contribution in [2.75, 3.05) is 0 Å². The smallest absolute Gasteiger partial charge is 0.252 e. The van der Waals surface area contributed by atoms with Crippen LogP contribution in [0.3, 0.4) is 0 Å². The molecule has 1 amide bonds. The summed E-state index contributed by atoms with van der Waals surface area (Å²) in [4.78, 5) is 17.4. The zero-order valence-electron chi connectivity index (χ0n) is 16.1. The van der Waals surface area contributed by atoms with Crippen molar-refractivity contribution in [2.24, 2.45) is 0 Å². The first-order chi connectivity index (χ1) is 13.8. The molecule has 4 nitrogen and oxygen atoms in total. The molecule has 0 atom stereocenters. The van der Waals surface area contributed by atoms with Gasteiger partial charge in [0.2, 0.25) is 5.89 Å². The highest BCUT2D eigenvalue weighted by molar-refractivity contribution is 6.00. The maximum atomic E-state index is 13.0. The van der Waals surface area contributed by atoms with E-state index < -0.39 is 0 Å². The predicted molar refractivity (Wildman–Crippen MR) is 111 cm³/mol. The second-order valence-electron chi connectivity index (χ2n) is 7.46. The fourth-order valence-electron chi connectivity index (χ4n) is 3.87. The highest BCUT2D eigenvalue weighted by atomic mass is 16.4. The van der Waals surface area contributed by atoms with Gasteiger partial charge >= 0.3 is 0 Å². The van der Waals surface area contributed by atoms with Crippen LogP contribution in [0.2, 0.25) is 0 Å². The summed E-state index contributed by atoms with van der Waals surface area (Å²) in [6, 6.07) is 17.7. The molecule has 28 heavy (non-hydrogen) atoms. The number of hydrogen-bond acceptors (Lipinski definition) is 3. The summed E-state index contributed by atoms with van der Waals surface area (Å²) >= 11 is 0. The van der Waals surface area contributed by atoms with Crippen LogP contribution in [0.15, 0.2) is 65.2 Å². The van der Waals surface area contributed by atoms with Crippen molar-refractivity contribution in [3.63, 3.8) is 0 Å². The second-order valence-corrected chi connectivity index (χ2v) is 7.46. The van der Waals surface area contributed by atoms with Gasteiger partial charge in [0.05, 0.1) is 11.8 Å². The fraction of sp³-hybridized carbons (Fsp3) is 0.333. The lowest BCUT2D eigenvalue weighted by atomic mass is 9.96. The Hall–Kier alpha value is -2.88. The van der Waals surface area contributed by atoms with Crippen molar-refractivity contribution in [1.82, 2.24) is 10.3 Å².